The van der Waals surface area contributed by atoms with Gasteiger partial charge in [-0.15, -0.1) is 0 Å². The monoisotopic (exact) mass is 315 g/mol. The minimum atomic E-state index is -0.958. The number of nitrogens with one attached hydrogen (secondary N) is 1. The van der Waals surface area contributed by atoms with Gasteiger partial charge in [-0.25, -0.2) is 4.39 Å². The Hall–Kier alpha value is -1.63. The Kier molecular flexibility index (Phi) is 3.25. The highest BCUT2D eigenvalue weighted by molar-refractivity contribution is 9.10. The number of benzene rings is 1. The molecule has 2 rings (SSSR count). The zero-order valence-electron chi connectivity index (χ0n) is 9.28. The largest absolute Gasteiger partial charge is 0.409 e. The minimum Gasteiger partial charge on any atom is -0.409 e. The number of hydrogen-bond donors (Lipinski definition) is 3. The van der Waals surface area contributed by atoms with Crippen LogP contribution in [0.5, 0.6) is 0 Å². The number of nitrogens with zero attached hydrogens (tertiary/aromatic N) is 1. The number of carbonyl (C=O) groups excluding carboxylic acids is 1. The lowest BCUT2D eigenvalue weighted by molar-refractivity contribution is -0.119. The zero-order valence-corrected chi connectivity index (χ0v) is 10.9. The summed E-state index contributed by atoms with van der Waals surface area (Å²) in [5.74, 6) is -0.973. The van der Waals surface area contributed by atoms with Gasteiger partial charge in [0.25, 0.3) is 0 Å². The smallest absolute Gasteiger partial charge is 0.238 e. The Balaban J connectivity index is 2.20. The molecule has 1 amide bonds. The van der Waals surface area contributed by atoms with Gasteiger partial charge in [-0.1, -0.05) is 5.16 Å². The molecule has 7 heteroatoms. The van der Waals surface area contributed by atoms with E-state index in [2.05, 4.69) is 26.4 Å². The van der Waals surface area contributed by atoms with E-state index in [0.29, 0.717) is 23.0 Å². The van der Waals surface area contributed by atoms with Crippen LogP contribution < -0.4 is 11.1 Å². The van der Waals surface area contributed by atoms with Gasteiger partial charge >= 0.3 is 0 Å². The van der Waals surface area contributed by atoms with Crippen molar-refractivity contribution in [2.75, 3.05) is 5.32 Å². The van der Waals surface area contributed by atoms with Crippen LogP contribution in [0.15, 0.2) is 27.8 Å². The van der Waals surface area contributed by atoms with Crippen molar-refractivity contribution in [2.45, 2.75) is 12.8 Å². The van der Waals surface area contributed by atoms with Gasteiger partial charge in [0.2, 0.25) is 5.91 Å². The number of anilines is 1. The summed E-state index contributed by atoms with van der Waals surface area (Å²) in [4.78, 5) is 12.0. The number of carbonyl (C=O) groups is 1. The Bertz CT molecular complexity index is 529. The molecule has 0 saturated heterocycles. The standard InChI is InChI=1S/C11H11BrFN3O2/c12-7-2-1-6(13)5-8(7)15-10(17)11(3-4-11)9(14)16-18/h1-2,5,18H,3-4H2,(H2,14,16)(H,15,17). The lowest BCUT2D eigenvalue weighted by Gasteiger charge is -2.14. The van der Waals surface area contributed by atoms with Crippen molar-refractivity contribution in [2.24, 2.45) is 16.3 Å². The number of amides is 1. The number of amidine groups is 1. The van der Waals surface area contributed by atoms with Crippen molar-refractivity contribution < 1.29 is 14.4 Å². The van der Waals surface area contributed by atoms with E-state index in [1.54, 1.807) is 0 Å². The third kappa shape index (κ3) is 2.17. The van der Waals surface area contributed by atoms with Crippen molar-refractivity contribution in [3.8, 4) is 0 Å². The van der Waals surface area contributed by atoms with Gasteiger partial charge in [0.1, 0.15) is 11.2 Å². The summed E-state index contributed by atoms with van der Waals surface area (Å²) in [5, 5.41) is 14.1. The molecular weight excluding hydrogens is 305 g/mol. The number of nitrogens with two attached hydrogens (primary N) is 1. The third-order valence-electron chi connectivity index (χ3n) is 2.96. The lowest BCUT2D eigenvalue weighted by Crippen LogP contribution is -2.36. The maximum atomic E-state index is 13.1. The van der Waals surface area contributed by atoms with E-state index in [1.807, 2.05) is 0 Å². The van der Waals surface area contributed by atoms with E-state index in [-0.39, 0.29) is 5.84 Å². The molecule has 18 heavy (non-hydrogen) atoms. The van der Waals surface area contributed by atoms with E-state index in [4.69, 9.17) is 10.9 Å². The first-order chi connectivity index (χ1) is 8.49. The first kappa shape index (κ1) is 12.8. The van der Waals surface area contributed by atoms with E-state index < -0.39 is 17.1 Å². The maximum absolute atomic E-state index is 13.1. The van der Waals surface area contributed by atoms with Crippen LogP contribution in [-0.4, -0.2) is 17.0 Å². The summed E-state index contributed by atoms with van der Waals surface area (Å²) >= 11 is 3.21. The van der Waals surface area contributed by atoms with Crippen LogP contribution in [0, 0.1) is 11.2 Å². The summed E-state index contributed by atoms with van der Waals surface area (Å²) in [7, 11) is 0. The molecule has 0 aliphatic heterocycles. The molecule has 96 valence electrons. The van der Waals surface area contributed by atoms with Crippen LogP contribution in [0.1, 0.15) is 12.8 Å². The van der Waals surface area contributed by atoms with Gasteiger partial charge in [0.15, 0.2) is 5.84 Å². The Morgan fingerprint density at radius 3 is 2.78 bits per heavy atom. The molecule has 1 aromatic rings. The predicted octanol–water partition coefficient (Wildman–Crippen LogP) is 2.05. The highest BCUT2D eigenvalue weighted by atomic mass is 79.9. The zero-order chi connectivity index (χ0) is 13.3. The SMILES string of the molecule is N/C(=N/O)C1(C(=O)Nc2cc(F)ccc2Br)CC1. The molecule has 0 aromatic heterocycles. The third-order valence-corrected chi connectivity index (χ3v) is 3.65. The summed E-state index contributed by atoms with van der Waals surface area (Å²) in [6, 6.07) is 3.97. The first-order valence-corrected chi connectivity index (χ1v) is 6.03. The fourth-order valence-electron chi connectivity index (χ4n) is 1.66. The van der Waals surface area contributed by atoms with E-state index in [1.165, 1.54) is 18.2 Å². The minimum absolute atomic E-state index is 0.118. The normalized spacial score (nSPS) is 17.3. The molecule has 4 N–H and O–H groups in total. The van der Waals surface area contributed by atoms with Crippen LogP contribution in [0.4, 0.5) is 10.1 Å². The molecule has 0 bridgehead atoms. The molecule has 0 unspecified atom stereocenters. The van der Waals surface area contributed by atoms with Crippen molar-refractivity contribution in [1.29, 1.82) is 0 Å². The van der Waals surface area contributed by atoms with Crippen LogP contribution in [0.25, 0.3) is 0 Å². The molecule has 1 saturated carbocycles. The molecule has 0 spiro atoms. The second-order valence-electron chi connectivity index (χ2n) is 4.15. The molecule has 0 radical (unpaired) electrons. The molecule has 0 atom stereocenters. The van der Waals surface area contributed by atoms with Gasteiger partial charge in [0.05, 0.1) is 5.69 Å². The fourth-order valence-corrected chi connectivity index (χ4v) is 2.00. The highest BCUT2D eigenvalue weighted by Crippen LogP contribution is 2.47. The number of hydrogen-bond acceptors (Lipinski definition) is 3. The average molecular weight is 316 g/mol. The van der Waals surface area contributed by atoms with Crippen molar-refractivity contribution in [1.82, 2.24) is 0 Å². The Labute approximate surface area is 111 Å². The summed E-state index contributed by atoms with van der Waals surface area (Å²) < 4.78 is 13.6. The molecule has 1 aromatic carbocycles. The first-order valence-electron chi connectivity index (χ1n) is 5.24. The summed E-state index contributed by atoms with van der Waals surface area (Å²) in [6.45, 7) is 0. The topological polar surface area (TPSA) is 87.7 Å². The van der Waals surface area contributed by atoms with Crippen LogP contribution >= 0.6 is 15.9 Å². The summed E-state index contributed by atoms with van der Waals surface area (Å²) in [5.41, 5.74) is 4.85. The highest BCUT2D eigenvalue weighted by Gasteiger charge is 2.54. The average Bonchev–Trinajstić information content (AvgIpc) is 3.14. The summed E-state index contributed by atoms with van der Waals surface area (Å²) in [6.07, 6.45) is 1.03. The Morgan fingerprint density at radius 2 is 2.22 bits per heavy atom. The lowest BCUT2D eigenvalue weighted by atomic mass is 10.1. The maximum Gasteiger partial charge on any atom is 0.238 e. The molecule has 1 aliphatic carbocycles. The predicted molar refractivity (Wildman–Crippen MR) is 67.8 cm³/mol. The van der Waals surface area contributed by atoms with Crippen molar-refractivity contribution >= 4 is 33.4 Å². The second-order valence-corrected chi connectivity index (χ2v) is 5.00. The van der Waals surface area contributed by atoms with Gasteiger partial charge in [-0.05, 0) is 47.0 Å². The van der Waals surface area contributed by atoms with Crippen LogP contribution in [0.2, 0.25) is 0 Å². The second kappa shape index (κ2) is 4.56. The van der Waals surface area contributed by atoms with Gasteiger partial charge in [0, 0.05) is 4.47 Å². The van der Waals surface area contributed by atoms with E-state index in [9.17, 15) is 9.18 Å². The fraction of sp³-hybridized carbons (Fsp3) is 0.273. The van der Waals surface area contributed by atoms with E-state index in [0.717, 1.165) is 0 Å². The molecule has 1 aliphatic rings. The molecular formula is C11H11BrFN3O2. The van der Waals surface area contributed by atoms with Crippen LogP contribution in [-0.2, 0) is 4.79 Å². The number of rotatable bonds is 3. The molecule has 5 nitrogen and oxygen atoms in total. The molecule has 1 fully saturated rings. The molecule has 0 heterocycles. The number of oxime groups is 1. The van der Waals surface area contributed by atoms with Crippen LogP contribution in [0.3, 0.4) is 0 Å². The van der Waals surface area contributed by atoms with Gasteiger partial charge in [-0.2, -0.15) is 0 Å². The van der Waals surface area contributed by atoms with Crippen molar-refractivity contribution in [3.05, 3.63) is 28.5 Å². The quantitative estimate of drug-likeness (QED) is 0.345. The Morgan fingerprint density at radius 1 is 1.56 bits per heavy atom. The van der Waals surface area contributed by atoms with Gasteiger partial charge in [-0.3, -0.25) is 4.79 Å². The van der Waals surface area contributed by atoms with Gasteiger partial charge < -0.3 is 16.3 Å². The van der Waals surface area contributed by atoms with E-state index >= 15 is 0 Å². The van der Waals surface area contributed by atoms with Crippen molar-refractivity contribution in [3.63, 3.8) is 0 Å². The number of halogens is 2.